The standard InChI is InChI=1S/C23H21F4NO4S.C2H6/c24-20-11-16(13-28)1-3-18(20)17-2-4-21(19(12-17)23(25,26)27)33(29,30)14-15-5-7-22(8-6-15)31-9-10-32-22;1-2/h1-4,11-12,15H,5-10,14H2;1-2H3. The van der Waals surface area contributed by atoms with Crippen LogP contribution in [0.15, 0.2) is 41.3 Å². The van der Waals surface area contributed by atoms with Crippen LogP contribution in [0.1, 0.15) is 50.7 Å². The van der Waals surface area contributed by atoms with Crippen molar-refractivity contribution in [3.05, 3.63) is 53.3 Å². The van der Waals surface area contributed by atoms with E-state index in [1.807, 2.05) is 13.8 Å². The third-order valence-corrected chi connectivity index (χ3v) is 8.10. The van der Waals surface area contributed by atoms with E-state index in [0.717, 1.165) is 18.2 Å². The highest BCUT2D eigenvalue weighted by Gasteiger charge is 2.42. The van der Waals surface area contributed by atoms with Gasteiger partial charge in [0.15, 0.2) is 15.6 Å². The minimum atomic E-state index is -4.95. The summed E-state index contributed by atoms with van der Waals surface area (Å²) in [6, 6.07) is 7.84. The maximum absolute atomic E-state index is 14.3. The topological polar surface area (TPSA) is 76.4 Å². The molecule has 1 spiro atoms. The second-order valence-corrected chi connectivity index (χ2v) is 10.4. The van der Waals surface area contributed by atoms with Gasteiger partial charge in [-0.05, 0) is 48.6 Å². The first kappa shape index (κ1) is 27.1. The predicted molar refractivity (Wildman–Crippen MR) is 122 cm³/mol. The lowest BCUT2D eigenvalue weighted by Gasteiger charge is -2.35. The fourth-order valence-electron chi connectivity index (χ4n) is 4.48. The Bertz CT molecular complexity index is 1190. The number of halogens is 4. The third kappa shape index (κ3) is 6.02. The van der Waals surface area contributed by atoms with Crippen molar-refractivity contribution in [3.8, 4) is 17.2 Å². The molecule has 0 amide bonds. The molecule has 0 N–H and O–H groups in total. The summed E-state index contributed by atoms with van der Waals surface area (Å²) in [7, 11) is -4.27. The molecular formula is C25H27F4NO4S. The Morgan fingerprint density at radius 3 is 2.23 bits per heavy atom. The zero-order valence-corrected chi connectivity index (χ0v) is 20.3. The van der Waals surface area contributed by atoms with E-state index >= 15 is 0 Å². The van der Waals surface area contributed by atoms with Gasteiger partial charge < -0.3 is 9.47 Å². The second-order valence-electron chi connectivity index (χ2n) is 8.35. The number of alkyl halides is 3. The van der Waals surface area contributed by atoms with E-state index in [0.29, 0.717) is 45.0 Å². The Morgan fingerprint density at radius 2 is 1.69 bits per heavy atom. The Labute approximate surface area is 202 Å². The number of nitrogens with zero attached hydrogens (tertiary/aromatic N) is 1. The Morgan fingerprint density at radius 1 is 1.06 bits per heavy atom. The Hall–Kier alpha value is -2.48. The highest BCUT2D eigenvalue weighted by Crippen LogP contribution is 2.41. The van der Waals surface area contributed by atoms with Gasteiger partial charge in [-0.1, -0.05) is 26.0 Å². The van der Waals surface area contributed by atoms with E-state index in [1.165, 1.54) is 12.1 Å². The van der Waals surface area contributed by atoms with Gasteiger partial charge in [0.25, 0.3) is 0 Å². The van der Waals surface area contributed by atoms with Gasteiger partial charge in [-0.15, -0.1) is 0 Å². The Balaban J connectivity index is 0.00000167. The molecule has 1 heterocycles. The van der Waals surface area contributed by atoms with E-state index in [-0.39, 0.29) is 22.6 Å². The van der Waals surface area contributed by atoms with Crippen LogP contribution in [0.4, 0.5) is 17.6 Å². The maximum atomic E-state index is 14.3. The molecule has 0 radical (unpaired) electrons. The molecule has 35 heavy (non-hydrogen) atoms. The van der Waals surface area contributed by atoms with Crippen LogP contribution in [0.2, 0.25) is 0 Å². The lowest BCUT2D eigenvalue weighted by molar-refractivity contribution is -0.181. The number of ether oxygens (including phenoxy) is 2. The molecule has 2 fully saturated rings. The molecule has 1 saturated heterocycles. The first-order chi connectivity index (χ1) is 16.5. The van der Waals surface area contributed by atoms with Gasteiger partial charge in [-0.3, -0.25) is 0 Å². The molecule has 0 unspecified atom stereocenters. The van der Waals surface area contributed by atoms with Crippen molar-refractivity contribution in [2.75, 3.05) is 19.0 Å². The van der Waals surface area contributed by atoms with Gasteiger partial charge >= 0.3 is 6.18 Å². The van der Waals surface area contributed by atoms with E-state index in [1.54, 1.807) is 6.07 Å². The summed E-state index contributed by atoms with van der Waals surface area (Å²) in [6.45, 7) is 4.95. The quantitative estimate of drug-likeness (QED) is 0.461. The lowest BCUT2D eigenvalue weighted by Crippen LogP contribution is -2.36. The number of sulfone groups is 1. The second kappa shape index (κ2) is 10.6. The molecule has 0 aromatic heterocycles. The molecule has 5 nitrogen and oxygen atoms in total. The van der Waals surface area contributed by atoms with Gasteiger partial charge in [-0.25, -0.2) is 12.8 Å². The summed E-state index contributed by atoms with van der Waals surface area (Å²) in [4.78, 5) is -0.818. The fourth-order valence-corrected chi connectivity index (χ4v) is 6.40. The summed E-state index contributed by atoms with van der Waals surface area (Å²) in [5.41, 5.74) is -1.59. The highest BCUT2D eigenvalue weighted by atomic mass is 32.2. The summed E-state index contributed by atoms with van der Waals surface area (Å²) in [6.07, 6.45) is -3.03. The molecule has 1 aliphatic heterocycles. The summed E-state index contributed by atoms with van der Waals surface area (Å²) in [5, 5.41) is 8.85. The average Bonchev–Trinajstić information content (AvgIpc) is 3.29. The van der Waals surface area contributed by atoms with Crippen LogP contribution in [0.5, 0.6) is 0 Å². The summed E-state index contributed by atoms with van der Waals surface area (Å²) >= 11 is 0. The zero-order valence-electron chi connectivity index (χ0n) is 19.5. The molecule has 10 heteroatoms. The van der Waals surface area contributed by atoms with Crippen LogP contribution in [0.25, 0.3) is 11.1 Å². The molecule has 2 aromatic carbocycles. The van der Waals surface area contributed by atoms with Crippen molar-refractivity contribution in [2.24, 2.45) is 5.92 Å². The number of hydrogen-bond donors (Lipinski definition) is 0. The van der Waals surface area contributed by atoms with Gasteiger partial charge in [-0.2, -0.15) is 18.4 Å². The van der Waals surface area contributed by atoms with Crippen molar-refractivity contribution < 1.29 is 35.5 Å². The first-order valence-electron chi connectivity index (χ1n) is 11.4. The largest absolute Gasteiger partial charge is 0.417 e. The molecule has 0 atom stereocenters. The third-order valence-electron chi connectivity index (χ3n) is 6.16. The van der Waals surface area contributed by atoms with Crippen molar-refractivity contribution in [1.29, 1.82) is 5.26 Å². The van der Waals surface area contributed by atoms with Gasteiger partial charge in [0.2, 0.25) is 0 Å². The highest BCUT2D eigenvalue weighted by molar-refractivity contribution is 7.91. The van der Waals surface area contributed by atoms with Crippen LogP contribution in [-0.2, 0) is 25.5 Å². The zero-order chi connectivity index (χ0) is 25.9. The van der Waals surface area contributed by atoms with Crippen molar-refractivity contribution in [2.45, 2.75) is 56.4 Å². The van der Waals surface area contributed by atoms with Crippen molar-refractivity contribution in [3.63, 3.8) is 0 Å². The van der Waals surface area contributed by atoms with Gasteiger partial charge in [0, 0.05) is 18.4 Å². The fraction of sp³-hybridized carbons (Fsp3) is 0.480. The van der Waals surface area contributed by atoms with E-state index in [2.05, 4.69) is 0 Å². The molecule has 1 saturated carbocycles. The van der Waals surface area contributed by atoms with Gasteiger partial charge in [0.05, 0.1) is 41.1 Å². The average molecular weight is 514 g/mol. The molecule has 4 rings (SSSR count). The van der Waals surface area contributed by atoms with Crippen molar-refractivity contribution >= 4 is 9.84 Å². The normalized spacial score (nSPS) is 18.1. The van der Waals surface area contributed by atoms with Crippen LogP contribution >= 0.6 is 0 Å². The molecular weight excluding hydrogens is 486 g/mol. The van der Waals surface area contributed by atoms with Crippen LogP contribution in [-0.4, -0.2) is 33.2 Å². The Kier molecular flexibility index (Phi) is 8.25. The lowest BCUT2D eigenvalue weighted by atomic mass is 9.86. The summed E-state index contributed by atoms with van der Waals surface area (Å²) < 4.78 is 93.1. The SMILES string of the molecule is CC.N#Cc1ccc(-c2ccc(S(=O)(=O)CC3CCC4(CC3)OCCO4)c(C(F)(F)F)c2)c(F)c1. The molecule has 1 aliphatic carbocycles. The minimum absolute atomic E-state index is 0.0224. The number of benzene rings is 2. The smallest absolute Gasteiger partial charge is 0.348 e. The monoisotopic (exact) mass is 513 g/mol. The molecule has 2 aromatic rings. The van der Waals surface area contributed by atoms with Crippen LogP contribution in [0, 0.1) is 23.1 Å². The maximum Gasteiger partial charge on any atom is 0.417 e. The van der Waals surface area contributed by atoms with E-state index in [4.69, 9.17) is 14.7 Å². The van der Waals surface area contributed by atoms with E-state index in [9.17, 15) is 26.0 Å². The predicted octanol–water partition coefficient (Wildman–Crippen LogP) is 6.12. The molecule has 190 valence electrons. The summed E-state index contributed by atoms with van der Waals surface area (Å²) in [5.74, 6) is -2.29. The minimum Gasteiger partial charge on any atom is -0.348 e. The van der Waals surface area contributed by atoms with E-state index < -0.39 is 43.8 Å². The number of rotatable bonds is 4. The van der Waals surface area contributed by atoms with Crippen molar-refractivity contribution in [1.82, 2.24) is 0 Å². The molecule has 0 bridgehead atoms. The molecule has 2 aliphatic rings. The first-order valence-corrected chi connectivity index (χ1v) is 13.1. The number of nitriles is 1. The number of hydrogen-bond acceptors (Lipinski definition) is 5. The van der Waals surface area contributed by atoms with Crippen LogP contribution in [0.3, 0.4) is 0 Å². The van der Waals surface area contributed by atoms with Crippen LogP contribution < -0.4 is 0 Å². The van der Waals surface area contributed by atoms with Gasteiger partial charge in [0.1, 0.15) is 5.82 Å².